The van der Waals surface area contributed by atoms with Crippen LogP contribution < -0.4 is 11.1 Å². The zero-order valence-corrected chi connectivity index (χ0v) is 12.5. The van der Waals surface area contributed by atoms with Gasteiger partial charge in [-0.2, -0.15) is 0 Å². The molecular weight excluding hydrogens is 316 g/mol. The van der Waals surface area contributed by atoms with E-state index in [2.05, 4.69) is 21.2 Å². The van der Waals surface area contributed by atoms with Gasteiger partial charge in [-0.3, -0.25) is 4.79 Å². The Labute approximate surface area is 122 Å². The lowest BCUT2D eigenvalue weighted by Gasteiger charge is -2.26. The highest BCUT2D eigenvalue weighted by molar-refractivity contribution is 9.10. The van der Waals surface area contributed by atoms with Crippen LogP contribution in [-0.2, 0) is 0 Å². The van der Waals surface area contributed by atoms with Crippen LogP contribution in [0.2, 0.25) is 0 Å². The van der Waals surface area contributed by atoms with E-state index in [1.165, 1.54) is 0 Å². The van der Waals surface area contributed by atoms with Crippen molar-refractivity contribution >= 4 is 34.2 Å². The maximum Gasteiger partial charge on any atom is 0.251 e. The van der Waals surface area contributed by atoms with Crippen molar-refractivity contribution in [3.63, 3.8) is 0 Å². The number of carbonyl (C=O) groups is 1. The van der Waals surface area contributed by atoms with Crippen molar-refractivity contribution in [3.05, 3.63) is 34.3 Å². The van der Waals surface area contributed by atoms with Crippen LogP contribution in [-0.4, -0.2) is 18.0 Å². The normalized spacial score (nSPS) is 23.0. The molecule has 0 aromatic heterocycles. The van der Waals surface area contributed by atoms with Crippen molar-refractivity contribution in [2.24, 2.45) is 5.73 Å². The molecule has 0 atom stereocenters. The molecule has 0 radical (unpaired) electrons. The fraction of sp³-hybridized carbons (Fsp3) is 0.462. The number of nitrogens with two attached hydrogens (primary N) is 1. The van der Waals surface area contributed by atoms with Crippen LogP contribution >= 0.6 is 28.3 Å². The highest BCUT2D eigenvalue weighted by Gasteiger charge is 2.20. The van der Waals surface area contributed by atoms with Crippen LogP contribution in [0.15, 0.2) is 28.7 Å². The first-order chi connectivity index (χ1) is 8.15. The number of benzene rings is 1. The Morgan fingerprint density at radius 2 is 1.72 bits per heavy atom. The van der Waals surface area contributed by atoms with E-state index >= 15 is 0 Å². The van der Waals surface area contributed by atoms with Gasteiger partial charge in [0, 0.05) is 22.1 Å². The summed E-state index contributed by atoms with van der Waals surface area (Å²) >= 11 is 3.35. The summed E-state index contributed by atoms with van der Waals surface area (Å²) < 4.78 is 0.984. The maximum absolute atomic E-state index is 11.9. The number of nitrogens with one attached hydrogen (secondary N) is 1. The van der Waals surface area contributed by atoms with Crippen molar-refractivity contribution in [1.29, 1.82) is 0 Å². The molecule has 5 heteroatoms. The fourth-order valence-corrected chi connectivity index (χ4v) is 2.40. The summed E-state index contributed by atoms with van der Waals surface area (Å²) in [6, 6.07) is 8.01. The Kier molecular flexibility index (Phi) is 6.12. The van der Waals surface area contributed by atoms with E-state index in [9.17, 15) is 4.79 Å². The summed E-state index contributed by atoms with van der Waals surface area (Å²) in [4.78, 5) is 11.9. The molecule has 18 heavy (non-hydrogen) atoms. The molecule has 0 bridgehead atoms. The standard InChI is InChI=1S/C13H17BrN2O.ClH/c14-10-3-1-9(2-4-10)13(17)16-12-7-5-11(15)6-8-12;/h1-4,11-12H,5-8,15H2,(H,16,17);1H. The zero-order valence-electron chi connectivity index (χ0n) is 10.1. The summed E-state index contributed by atoms with van der Waals surface area (Å²) in [5.41, 5.74) is 6.55. The fourth-order valence-electron chi connectivity index (χ4n) is 2.13. The van der Waals surface area contributed by atoms with Gasteiger partial charge in [-0.25, -0.2) is 0 Å². The predicted molar refractivity (Wildman–Crippen MR) is 79.1 cm³/mol. The number of hydrogen-bond acceptors (Lipinski definition) is 2. The van der Waals surface area contributed by atoms with E-state index in [0.29, 0.717) is 11.6 Å². The van der Waals surface area contributed by atoms with Gasteiger partial charge in [-0.05, 0) is 49.9 Å². The molecule has 1 aliphatic carbocycles. The molecule has 3 N–H and O–H groups in total. The molecule has 2 rings (SSSR count). The predicted octanol–water partition coefficient (Wildman–Crippen LogP) is 2.87. The molecular formula is C13H18BrClN2O. The first-order valence-electron chi connectivity index (χ1n) is 5.97. The minimum Gasteiger partial charge on any atom is -0.349 e. The summed E-state index contributed by atoms with van der Waals surface area (Å²) in [6.45, 7) is 0. The number of carbonyl (C=O) groups excluding carboxylic acids is 1. The van der Waals surface area contributed by atoms with Gasteiger partial charge in [0.15, 0.2) is 0 Å². The smallest absolute Gasteiger partial charge is 0.251 e. The van der Waals surface area contributed by atoms with Crippen LogP contribution in [0.5, 0.6) is 0 Å². The van der Waals surface area contributed by atoms with Gasteiger partial charge in [0.25, 0.3) is 5.91 Å². The molecule has 1 aromatic carbocycles. The van der Waals surface area contributed by atoms with E-state index in [0.717, 1.165) is 30.2 Å². The average Bonchev–Trinajstić information content (AvgIpc) is 2.33. The van der Waals surface area contributed by atoms with Crippen molar-refractivity contribution < 1.29 is 4.79 Å². The molecule has 1 saturated carbocycles. The lowest BCUT2D eigenvalue weighted by Crippen LogP contribution is -2.40. The van der Waals surface area contributed by atoms with Crippen LogP contribution in [0.4, 0.5) is 0 Å². The molecule has 0 spiro atoms. The molecule has 0 unspecified atom stereocenters. The third kappa shape index (κ3) is 4.26. The summed E-state index contributed by atoms with van der Waals surface area (Å²) in [7, 11) is 0. The van der Waals surface area contributed by atoms with Crippen LogP contribution in [0, 0.1) is 0 Å². The Morgan fingerprint density at radius 3 is 2.28 bits per heavy atom. The monoisotopic (exact) mass is 332 g/mol. The second kappa shape index (κ2) is 7.12. The zero-order chi connectivity index (χ0) is 12.3. The molecule has 1 amide bonds. The van der Waals surface area contributed by atoms with Gasteiger partial charge in [0.1, 0.15) is 0 Å². The van der Waals surface area contributed by atoms with E-state index in [4.69, 9.17) is 5.73 Å². The molecule has 0 aliphatic heterocycles. The third-order valence-electron chi connectivity index (χ3n) is 3.21. The van der Waals surface area contributed by atoms with E-state index in [-0.39, 0.29) is 24.4 Å². The molecule has 3 nitrogen and oxygen atoms in total. The second-order valence-corrected chi connectivity index (χ2v) is 5.51. The summed E-state index contributed by atoms with van der Waals surface area (Å²) in [6.07, 6.45) is 3.99. The van der Waals surface area contributed by atoms with Crippen LogP contribution in [0.3, 0.4) is 0 Å². The molecule has 0 saturated heterocycles. The van der Waals surface area contributed by atoms with E-state index in [1.54, 1.807) is 0 Å². The number of rotatable bonds is 2. The topological polar surface area (TPSA) is 55.1 Å². The highest BCUT2D eigenvalue weighted by Crippen LogP contribution is 2.17. The maximum atomic E-state index is 11.9. The SMILES string of the molecule is Cl.NC1CCC(NC(=O)c2ccc(Br)cc2)CC1. The lowest BCUT2D eigenvalue weighted by atomic mass is 9.91. The van der Waals surface area contributed by atoms with Crippen molar-refractivity contribution in [3.8, 4) is 0 Å². The molecule has 100 valence electrons. The van der Waals surface area contributed by atoms with Gasteiger partial charge in [-0.1, -0.05) is 15.9 Å². The van der Waals surface area contributed by atoms with E-state index in [1.807, 2.05) is 24.3 Å². The third-order valence-corrected chi connectivity index (χ3v) is 3.74. The van der Waals surface area contributed by atoms with Crippen molar-refractivity contribution in [2.45, 2.75) is 37.8 Å². The minimum atomic E-state index is 0. The van der Waals surface area contributed by atoms with Gasteiger partial charge < -0.3 is 11.1 Å². The Morgan fingerprint density at radius 1 is 1.17 bits per heavy atom. The number of hydrogen-bond donors (Lipinski definition) is 2. The van der Waals surface area contributed by atoms with E-state index < -0.39 is 0 Å². The molecule has 0 heterocycles. The Balaban J connectivity index is 0.00000162. The quantitative estimate of drug-likeness (QED) is 0.874. The van der Waals surface area contributed by atoms with Gasteiger partial charge in [0.05, 0.1) is 0 Å². The molecule has 1 aromatic rings. The van der Waals surface area contributed by atoms with Gasteiger partial charge in [-0.15, -0.1) is 12.4 Å². The lowest BCUT2D eigenvalue weighted by molar-refractivity contribution is 0.0926. The van der Waals surface area contributed by atoms with Gasteiger partial charge >= 0.3 is 0 Å². The number of amides is 1. The minimum absolute atomic E-state index is 0. The average molecular weight is 334 g/mol. The van der Waals surface area contributed by atoms with Crippen LogP contribution in [0.1, 0.15) is 36.0 Å². The second-order valence-electron chi connectivity index (χ2n) is 4.59. The summed E-state index contributed by atoms with van der Waals surface area (Å²) in [5, 5.41) is 3.07. The first-order valence-corrected chi connectivity index (χ1v) is 6.76. The van der Waals surface area contributed by atoms with Crippen molar-refractivity contribution in [1.82, 2.24) is 5.32 Å². The summed E-state index contributed by atoms with van der Waals surface area (Å²) in [5.74, 6) is 0.0120. The van der Waals surface area contributed by atoms with Crippen LogP contribution in [0.25, 0.3) is 0 Å². The number of halogens is 2. The first kappa shape index (κ1) is 15.5. The van der Waals surface area contributed by atoms with Crippen molar-refractivity contribution in [2.75, 3.05) is 0 Å². The van der Waals surface area contributed by atoms with Gasteiger partial charge in [0.2, 0.25) is 0 Å². The highest BCUT2D eigenvalue weighted by atomic mass is 79.9. The Hall–Kier alpha value is -0.580. The Bertz CT molecular complexity index is 388. The molecule has 1 aliphatic rings. The molecule has 1 fully saturated rings. The largest absolute Gasteiger partial charge is 0.349 e.